The summed E-state index contributed by atoms with van der Waals surface area (Å²) in [5, 5.41) is 2.31. The van der Waals surface area contributed by atoms with E-state index in [-0.39, 0.29) is 22.5 Å². The van der Waals surface area contributed by atoms with Crippen molar-refractivity contribution in [2.24, 2.45) is 0 Å². The monoisotopic (exact) mass is 436 g/mol. The molecule has 4 rings (SSSR count). The van der Waals surface area contributed by atoms with Gasteiger partial charge in [0.2, 0.25) is 11.6 Å². The second-order valence-corrected chi connectivity index (χ2v) is 7.09. The van der Waals surface area contributed by atoms with Gasteiger partial charge in [0.1, 0.15) is 5.69 Å². The minimum atomic E-state index is -4.80. The molecule has 31 heavy (non-hydrogen) atoms. The van der Waals surface area contributed by atoms with Crippen LogP contribution in [0.3, 0.4) is 0 Å². The van der Waals surface area contributed by atoms with Crippen molar-refractivity contribution >= 4 is 17.4 Å². The van der Waals surface area contributed by atoms with Gasteiger partial charge in [0.25, 0.3) is 5.91 Å². The number of rotatable bonds is 4. The fraction of sp³-hybridized carbons (Fsp3) is 0.300. The fourth-order valence-corrected chi connectivity index (χ4v) is 3.60. The van der Waals surface area contributed by atoms with Gasteiger partial charge in [0.05, 0.1) is 13.2 Å². The molecular formula is C20H16F4N4O3. The SMILES string of the molecule is C=C(F)C(=O)Nc1cc(CN2CCOCC2)c2c(c1)C(=O)c1nc(C(F)(F)F)ncc1-2. The number of alkyl halides is 3. The number of hydrogen-bond donors (Lipinski definition) is 1. The number of carbonyl (C=O) groups excluding carboxylic acids is 2. The number of carbonyl (C=O) groups is 2. The predicted molar refractivity (Wildman–Crippen MR) is 101 cm³/mol. The van der Waals surface area contributed by atoms with Gasteiger partial charge in [-0.3, -0.25) is 14.5 Å². The molecular weight excluding hydrogens is 420 g/mol. The van der Waals surface area contributed by atoms with Gasteiger partial charge < -0.3 is 10.1 Å². The third-order valence-corrected chi connectivity index (χ3v) is 4.99. The van der Waals surface area contributed by atoms with Gasteiger partial charge in [-0.25, -0.2) is 14.4 Å². The van der Waals surface area contributed by atoms with Gasteiger partial charge in [-0.15, -0.1) is 0 Å². The molecule has 11 heteroatoms. The number of anilines is 1. The van der Waals surface area contributed by atoms with E-state index < -0.39 is 29.5 Å². The molecule has 0 saturated carbocycles. The lowest BCUT2D eigenvalue weighted by Crippen LogP contribution is -2.35. The van der Waals surface area contributed by atoms with E-state index in [1.54, 1.807) is 6.07 Å². The summed E-state index contributed by atoms with van der Waals surface area (Å²) in [5.41, 5.74) is 0.972. The van der Waals surface area contributed by atoms with Crippen molar-refractivity contribution in [2.45, 2.75) is 12.7 Å². The maximum Gasteiger partial charge on any atom is 0.451 e. The molecule has 0 radical (unpaired) electrons. The predicted octanol–water partition coefficient (Wildman–Crippen LogP) is 2.96. The number of ether oxygens (including phenoxy) is 1. The third kappa shape index (κ3) is 4.06. The summed E-state index contributed by atoms with van der Waals surface area (Å²) in [6, 6.07) is 2.84. The van der Waals surface area contributed by atoms with Crippen molar-refractivity contribution in [3.8, 4) is 11.1 Å². The van der Waals surface area contributed by atoms with Gasteiger partial charge >= 0.3 is 6.18 Å². The topological polar surface area (TPSA) is 84.4 Å². The Labute approximate surface area is 173 Å². The first-order chi connectivity index (χ1) is 14.6. The van der Waals surface area contributed by atoms with Crippen LogP contribution >= 0.6 is 0 Å². The second-order valence-electron chi connectivity index (χ2n) is 7.09. The van der Waals surface area contributed by atoms with Crippen LogP contribution in [0.2, 0.25) is 0 Å². The van der Waals surface area contributed by atoms with E-state index in [1.165, 1.54) is 6.07 Å². The van der Waals surface area contributed by atoms with Crippen LogP contribution in [0, 0.1) is 0 Å². The number of fused-ring (bicyclic) bond motifs is 3. The fourth-order valence-electron chi connectivity index (χ4n) is 3.60. The number of nitrogens with one attached hydrogen (secondary N) is 1. The molecule has 0 spiro atoms. The summed E-state index contributed by atoms with van der Waals surface area (Å²) in [4.78, 5) is 33.5. The number of morpholine rings is 1. The number of benzene rings is 1. The average Bonchev–Trinajstić information content (AvgIpc) is 3.00. The van der Waals surface area contributed by atoms with Gasteiger partial charge in [0, 0.05) is 48.2 Å². The standard InChI is InChI=1S/C20H16F4N4O3/c1-10(21)18(30)26-12-6-11(9-28-2-4-31-5-3-28)15-13(7-12)17(29)16-14(15)8-25-19(27-16)20(22,23)24/h6-8H,1-5,9H2,(H,26,30). The zero-order chi connectivity index (χ0) is 22.3. The Balaban J connectivity index is 1.81. The Morgan fingerprint density at radius 3 is 2.58 bits per heavy atom. The molecule has 1 aliphatic heterocycles. The first-order valence-electron chi connectivity index (χ1n) is 9.27. The molecule has 1 aromatic heterocycles. The van der Waals surface area contributed by atoms with Gasteiger partial charge in [-0.1, -0.05) is 6.58 Å². The van der Waals surface area contributed by atoms with E-state index in [0.717, 1.165) is 6.20 Å². The summed E-state index contributed by atoms with van der Waals surface area (Å²) in [5.74, 6) is -4.44. The van der Waals surface area contributed by atoms with Crippen molar-refractivity contribution in [3.05, 3.63) is 53.4 Å². The quantitative estimate of drug-likeness (QED) is 0.500. The molecule has 2 aromatic rings. The van der Waals surface area contributed by atoms with E-state index in [1.807, 2.05) is 4.90 Å². The highest BCUT2D eigenvalue weighted by atomic mass is 19.4. The number of amides is 1. The Kier molecular flexibility index (Phi) is 5.31. The molecule has 1 N–H and O–H groups in total. The van der Waals surface area contributed by atoms with E-state index in [2.05, 4.69) is 21.9 Å². The number of hydrogen-bond acceptors (Lipinski definition) is 6. The average molecular weight is 436 g/mol. The largest absolute Gasteiger partial charge is 0.451 e. The number of nitrogens with zero attached hydrogens (tertiary/aromatic N) is 3. The lowest BCUT2D eigenvalue weighted by atomic mass is 9.98. The maximum absolute atomic E-state index is 13.2. The summed E-state index contributed by atoms with van der Waals surface area (Å²) < 4.78 is 57.6. The van der Waals surface area contributed by atoms with Crippen LogP contribution in [0.4, 0.5) is 23.2 Å². The van der Waals surface area contributed by atoms with Crippen LogP contribution < -0.4 is 5.32 Å². The summed E-state index contributed by atoms with van der Waals surface area (Å²) >= 11 is 0. The molecule has 1 amide bonds. The van der Waals surface area contributed by atoms with Crippen LogP contribution in [-0.4, -0.2) is 52.9 Å². The molecule has 0 bridgehead atoms. The molecule has 1 fully saturated rings. The summed E-state index contributed by atoms with van der Waals surface area (Å²) in [7, 11) is 0. The number of halogens is 4. The maximum atomic E-state index is 13.2. The third-order valence-electron chi connectivity index (χ3n) is 4.99. The number of aromatic nitrogens is 2. The summed E-state index contributed by atoms with van der Waals surface area (Å²) in [6.07, 6.45) is -3.82. The zero-order valence-corrected chi connectivity index (χ0v) is 16.1. The lowest BCUT2D eigenvalue weighted by Gasteiger charge is -2.27. The molecule has 162 valence electrons. The van der Waals surface area contributed by atoms with Crippen LogP contribution in [0.5, 0.6) is 0 Å². The molecule has 7 nitrogen and oxygen atoms in total. The highest BCUT2D eigenvalue weighted by Crippen LogP contribution is 2.41. The van der Waals surface area contributed by atoms with Crippen molar-refractivity contribution in [1.29, 1.82) is 0 Å². The molecule has 1 aromatic carbocycles. The van der Waals surface area contributed by atoms with Crippen LogP contribution in [0.1, 0.15) is 27.4 Å². The van der Waals surface area contributed by atoms with Gasteiger partial charge in [0.15, 0.2) is 5.83 Å². The summed E-state index contributed by atoms with van der Waals surface area (Å²) in [6.45, 7) is 5.49. The molecule has 1 saturated heterocycles. The minimum Gasteiger partial charge on any atom is -0.379 e. The van der Waals surface area contributed by atoms with Crippen molar-refractivity contribution in [1.82, 2.24) is 14.9 Å². The molecule has 0 atom stereocenters. The Hall–Kier alpha value is -3.18. The van der Waals surface area contributed by atoms with Crippen LogP contribution in [0.25, 0.3) is 11.1 Å². The minimum absolute atomic E-state index is 0.0640. The lowest BCUT2D eigenvalue weighted by molar-refractivity contribution is -0.145. The first kappa shape index (κ1) is 21.1. The number of ketones is 1. The van der Waals surface area contributed by atoms with E-state index in [9.17, 15) is 27.2 Å². The van der Waals surface area contributed by atoms with E-state index in [4.69, 9.17) is 4.74 Å². The van der Waals surface area contributed by atoms with Crippen molar-refractivity contribution < 1.29 is 31.9 Å². The molecule has 2 aliphatic rings. The van der Waals surface area contributed by atoms with Crippen molar-refractivity contribution in [2.75, 3.05) is 31.6 Å². The Bertz CT molecular complexity index is 1090. The van der Waals surface area contributed by atoms with Crippen molar-refractivity contribution in [3.63, 3.8) is 0 Å². The zero-order valence-electron chi connectivity index (χ0n) is 16.1. The molecule has 2 heterocycles. The van der Waals surface area contributed by atoms with E-state index in [0.29, 0.717) is 44.0 Å². The smallest absolute Gasteiger partial charge is 0.379 e. The van der Waals surface area contributed by atoms with Crippen LogP contribution in [-0.2, 0) is 22.3 Å². The Morgan fingerprint density at radius 1 is 1.23 bits per heavy atom. The molecule has 1 aliphatic carbocycles. The Morgan fingerprint density at radius 2 is 1.94 bits per heavy atom. The van der Waals surface area contributed by atoms with Gasteiger partial charge in [-0.2, -0.15) is 13.2 Å². The highest BCUT2D eigenvalue weighted by molar-refractivity contribution is 6.21. The highest BCUT2D eigenvalue weighted by Gasteiger charge is 2.39. The normalized spacial score (nSPS) is 16.1. The molecule has 0 unspecified atom stereocenters. The van der Waals surface area contributed by atoms with Crippen LogP contribution in [0.15, 0.2) is 30.7 Å². The first-order valence-corrected chi connectivity index (χ1v) is 9.27. The second kappa shape index (κ2) is 7.82. The van der Waals surface area contributed by atoms with E-state index >= 15 is 0 Å². The van der Waals surface area contributed by atoms with Gasteiger partial charge in [-0.05, 0) is 17.7 Å².